The van der Waals surface area contributed by atoms with Crippen LogP contribution in [0.3, 0.4) is 0 Å². The first-order valence-corrected chi connectivity index (χ1v) is 19.3. The Labute approximate surface area is 332 Å². The van der Waals surface area contributed by atoms with Gasteiger partial charge in [0.2, 0.25) is 5.95 Å². The zero-order chi connectivity index (χ0) is 38.1. The predicted octanol–water partition coefficient (Wildman–Crippen LogP) is 13.5. The molecule has 9 aromatic rings. The first-order valence-electron chi connectivity index (χ1n) is 19.3. The van der Waals surface area contributed by atoms with Crippen LogP contribution in [0.15, 0.2) is 213 Å². The van der Waals surface area contributed by atoms with Crippen LogP contribution in [0.2, 0.25) is 0 Å². The van der Waals surface area contributed by atoms with Crippen molar-refractivity contribution in [3.8, 4) is 50.6 Å². The molecular weight excluding hydrogens is 693 g/mol. The molecule has 0 fully saturated rings. The smallest absolute Gasteiger partial charge is 0.235 e. The molecule has 0 bridgehead atoms. The lowest BCUT2D eigenvalue weighted by molar-refractivity contribution is 0.992. The number of allylic oxidation sites excluding steroid dienone is 4. The van der Waals surface area contributed by atoms with Gasteiger partial charge in [0.15, 0.2) is 0 Å². The number of fused-ring (bicyclic) bond motifs is 4. The van der Waals surface area contributed by atoms with Crippen LogP contribution in [0.4, 0.5) is 11.4 Å². The Balaban J connectivity index is 1.01. The number of benzene rings is 7. The van der Waals surface area contributed by atoms with Crippen molar-refractivity contribution in [3.05, 3.63) is 219 Å². The maximum absolute atomic E-state index is 5.16. The number of rotatable bonds is 6. The van der Waals surface area contributed by atoms with Gasteiger partial charge in [-0.1, -0.05) is 152 Å². The van der Waals surface area contributed by atoms with Crippen LogP contribution in [0.1, 0.15) is 5.56 Å². The molecule has 0 atom stereocenters. The van der Waals surface area contributed by atoms with Gasteiger partial charge in [-0.15, -0.1) is 0 Å². The Morgan fingerprint density at radius 3 is 1.95 bits per heavy atom. The molecule has 1 aliphatic heterocycles. The second-order valence-corrected chi connectivity index (χ2v) is 14.3. The van der Waals surface area contributed by atoms with E-state index in [9.17, 15) is 0 Å². The van der Waals surface area contributed by atoms with Gasteiger partial charge < -0.3 is 4.90 Å². The standard InChI is InChI=1S/C53H38N4/c1-37-14-5-4-12-33-56(45-19-8-3-9-20-45)50-29-27-43(35-47(37)50)44-28-30-52-48(36-44)46-21-10-11-22-51(46)57(52)53-54-32-31-49(55-53)40-25-23-39(24-26-40)42-18-13-17-41(34-42)38-15-6-2-7-16-38/h2-32,34-36H,1,33H2/b12-4-,14-5-. The van der Waals surface area contributed by atoms with E-state index in [0.29, 0.717) is 5.95 Å². The van der Waals surface area contributed by atoms with Gasteiger partial charge in [-0.05, 0) is 93.6 Å². The maximum Gasteiger partial charge on any atom is 0.235 e. The summed E-state index contributed by atoms with van der Waals surface area (Å²) >= 11 is 0. The zero-order valence-corrected chi connectivity index (χ0v) is 31.3. The molecule has 0 aliphatic carbocycles. The molecule has 0 saturated heterocycles. The summed E-state index contributed by atoms with van der Waals surface area (Å²) in [6, 6.07) is 62.4. The van der Waals surface area contributed by atoms with Gasteiger partial charge in [-0.3, -0.25) is 4.57 Å². The SMILES string of the molecule is C=C1/C=C\C=C/CN(c2ccccc2)c2ccc(-c3ccc4c(c3)c3ccccc3n4-c3nccc(-c4ccc(-c5cccc(-c6ccccc6)c5)cc4)n3)cc21. The number of nitrogens with zero attached hydrogens (tertiary/aromatic N) is 4. The minimum absolute atomic E-state index is 0.640. The normalized spacial score (nSPS) is 13.8. The van der Waals surface area contributed by atoms with E-state index in [1.807, 2.05) is 12.3 Å². The molecule has 0 unspecified atom stereocenters. The third-order valence-corrected chi connectivity index (χ3v) is 10.9. The molecule has 0 N–H and O–H groups in total. The Kier molecular flexibility index (Phi) is 8.69. The van der Waals surface area contributed by atoms with Crippen molar-refractivity contribution < 1.29 is 0 Å². The van der Waals surface area contributed by atoms with Gasteiger partial charge >= 0.3 is 0 Å². The molecule has 4 nitrogen and oxygen atoms in total. The number of hydrogen-bond acceptors (Lipinski definition) is 3. The van der Waals surface area contributed by atoms with Crippen LogP contribution in [-0.2, 0) is 0 Å². The van der Waals surface area contributed by atoms with E-state index < -0.39 is 0 Å². The molecule has 10 rings (SSSR count). The summed E-state index contributed by atoms with van der Waals surface area (Å²) in [5.74, 6) is 0.640. The third kappa shape index (κ3) is 6.43. The van der Waals surface area contributed by atoms with Crippen molar-refractivity contribution in [1.29, 1.82) is 0 Å². The van der Waals surface area contributed by atoms with Gasteiger partial charge in [-0.2, -0.15) is 0 Å². The first-order chi connectivity index (χ1) is 28.2. The highest BCUT2D eigenvalue weighted by Gasteiger charge is 2.18. The average molecular weight is 731 g/mol. The van der Waals surface area contributed by atoms with Crippen LogP contribution in [0.25, 0.3) is 78.0 Å². The van der Waals surface area contributed by atoms with Crippen LogP contribution in [0, 0.1) is 0 Å². The molecule has 0 radical (unpaired) electrons. The Morgan fingerprint density at radius 1 is 0.491 bits per heavy atom. The number of aromatic nitrogens is 3. The summed E-state index contributed by atoms with van der Waals surface area (Å²) in [6.45, 7) is 5.25. The Bertz CT molecular complexity index is 2990. The molecule has 7 aromatic carbocycles. The summed E-state index contributed by atoms with van der Waals surface area (Å²) in [4.78, 5) is 12.3. The van der Waals surface area contributed by atoms with Gasteiger partial charge in [0.05, 0.1) is 16.7 Å². The van der Waals surface area contributed by atoms with E-state index in [1.54, 1.807) is 0 Å². The quantitative estimate of drug-likeness (QED) is 0.171. The fraction of sp³-hybridized carbons (Fsp3) is 0.0189. The van der Waals surface area contributed by atoms with Gasteiger partial charge in [-0.25, -0.2) is 9.97 Å². The van der Waals surface area contributed by atoms with E-state index in [0.717, 1.165) is 78.8 Å². The second kappa shape index (κ2) is 14.6. The fourth-order valence-electron chi connectivity index (χ4n) is 7.99. The molecule has 4 heteroatoms. The molecule has 270 valence electrons. The van der Waals surface area contributed by atoms with Crippen molar-refractivity contribution in [2.75, 3.05) is 11.4 Å². The molecular formula is C53H38N4. The van der Waals surface area contributed by atoms with Crippen molar-refractivity contribution >= 4 is 38.8 Å². The summed E-state index contributed by atoms with van der Waals surface area (Å²) in [6.07, 6.45) is 10.3. The summed E-state index contributed by atoms with van der Waals surface area (Å²) < 4.78 is 2.18. The van der Waals surface area contributed by atoms with E-state index >= 15 is 0 Å². The third-order valence-electron chi connectivity index (χ3n) is 10.9. The highest BCUT2D eigenvalue weighted by molar-refractivity contribution is 6.10. The lowest BCUT2D eigenvalue weighted by Crippen LogP contribution is -2.18. The topological polar surface area (TPSA) is 34.0 Å². The van der Waals surface area contributed by atoms with Crippen LogP contribution < -0.4 is 4.90 Å². The van der Waals surface area contributed by atoms with Gasteiger partial charge in [0.1, 0.15) is 0 Å². The van der Waals surface area contributed by atoms with Crippen molar-refractivity contribution in [2.24, 2.45) is 0 Å². The fourth-order valence-corrected chi connectivity index (χ4v) is 7.99. The summed E-state index contributed by atoms with van der Waals surface area (Å²) in [7, 11) is 0. The van der Waals surface area contributed by atoms with E-state index in [1.165, 1.54) is 16.7 Å². The average Bonchev–Trinajstić information content (AvgIpc) is 3.65. The summed E-state index contributed by atoms with van der Waals surface area (Å²) in [5, 5.41) is 2.30. The lowest BCUT2D eigenvalue weighted by atomic mass is 9.96. The largest absolute Gasteiger partial charge is 0.337 e. The van der Waals surface area contributed by atoms with E-state index in [-0.39, 0.29) is 0 Å². The highest BCUT2D eigenvalue weighted by atomic mass is 15.2. The number of hydrogen-bond donors (Lipinski definition) is 0. The second-order valence-electron chi connectivity index (χ2n) is 14.3. The molecule has 57 heavy (non-hydrogen) atoms. The molecule has 0 saturated carbocycles. The van der Waals surface area contributed by atoms with Crippen molar-refractivity contribution in [1.82, 2.24) is 14.5 Å². The minimum atomic E-state index is 0.640. The number of anilines is 2. The monoisotopic (exact) mass is 730 g/mol. The van der Waals surface area contributed by atoms with Crippen molar-refractivity contribution in [3.63, 3.8) is 0 Å². The Hall–Kier alpha value is -7.56. The lowest BCUT2D eigenvalue weighted by Gasteiger charge is -2.27. The molecule has 3 heterocycles. The molecule has 0 amide bonds. The summed E-state index contributed by atoms with van der Waals surface area (Å²) in [5.41, 5.74) is 15.4. The predicted molar refractivity (Wildman–Crippen MR) is 239 cm³/mol. The highest BCUT2D eigenvalue weighted by Crippen LogP contribution is 2.39. The van der Waals surface area contributed by atoms with Gasteiger partial charge in [0, 0.05) is 46.0 Å². The maximum atomic E-state index is 5.16. The van der Waals surface area contributed by atoms with E-state index in [4.69, 9.17) is 9.97 Å². The zero-order valence-electron chi connectivity index (χ0n) is 31.3. The molecule has 0 spiro atoms. The van der Waals surface area contributed by atoms with E-state index in [2.05, 4.69) is 210 Å². The van der Waals surface area contributed by atoms with Crippen LogP contribution in [-0.4, -0.2) is 21.1 Å². The first kappa shape index (κ1) is 34.0. The van der Waals surface area contributed by atoms with Crippen molar-refractivity contribution in [2.45, 2.75) is 0 Å². The van der Waals surface area contributed by atoms with Crippen LogP contribution in [0.5, 0.6) is 0 Å². The minimum Gasteiger partial charge on any atom is -0.337 e. The molecule has 1 aliphatic rings. The number of para-hydroxylation sites is 2. The molecule has 2 aromatic heterocycles. The van der Waals surface area contributed by atoms with Gasteiger partial charge in [0.25, 0.3) is 0 Å². The van der Waals surface area contributed by atoms with Crippen LogP contribution >= 0.6 is 0 Å². The Morgan fingerprint density at radius 2 is 1.12 bits per heavy atom.